The highest BCUT2D eigenvalue weighted by Gasteiger charge is 2.29. The monoisotopic (exact) mass is 341 g/mol. The molecular weight excluding hydrogens is 318 g/mol. The second-order valence-corrected chi connectivity index (χ2v) is 6.41. The number of ether oxygens (including phenoxy) is 2. The van der Waals surface area contributed by atoms with E-state index in [1.165, 1.54) is 0 Å². The van der Waals surface area contributed by atoms with Gasteiger partial charge in [-0.15, -0.1) is 0 Å². The van der Waals surface area contributed by atoms with Crippen LogP contribution in [0.3, 0.4) is 0 Å². The first kappa shape index (κ1) is 16.1. The van der Waals surface area contributed by atoms with Crippen LogP contribution in [0, 0.1) is 0 Å². The van der Waals surface area contributed by atoms with Gasteiger partial charge in [0, 0.05) is 18.3 Å². The molecule has 0 saturated carbocycles. The van der Waals surface area contributed by atoms with Gasteiger partial charge in [0.25, 0.3) is 0 Å². The molecule has 4 rings (SSSR count). The lowest BCUT2D eigenvalue weighted by atomic mass is 10.1. The zero-order valence-electron chi connectivity index (χ0n) is 14.4. The lowest BCUT2D eigenvalue weighted by Crippen LogP contribution is -2.46. The Hall–Kier alpha value is -2.41. The second-order valence-electron chi connectivity index (χ2n) is 6.41. The predicted octanol–water partition coefficient (Wildman–Crippen LogP) is 2.06. The fraction of sp³-hybridized carbons (Fsp3) is 0.500. The molecule has 2 aromatic rings. The molecule has 2 aliphatic rings. The smallest absolute Gasteiger partial charge is 0.222 e. The van der Waals surface area contributed by atoms with Gasteiger partial charge in [-0.25, -0.2) is 9.97 Å². The maximum Gasteiger partial charge on any atom is 0.222 e. The van der Waals surface area contributed by atoms with Crippen LogP contribution in [-0.2, 0) is 11.2 Å². The molecule has 0 radical (unpaired) electrons. The van der Waals surface area contributed by atoms with Gasteiger partial charge < -0.3 is 20.1 Å². The van der Waals surface area contributed by atoms with Crippen molar-refractivity contribution < 1.29 is 9.47 Å². The van der Waals surface area contributed by atoms with Crippen molar-refractivity contribution in [2.45, 2.75) is 32.2 Å². The van der Waals surface area contributed by atoms with Crippen molar-refractivity contribution in [1.82, 2.24) is 15.0 Å². The first-order valence-electron chi connectivity index (χ1n) is 8.86. The Morgan fingerprint density at radius 3 is 3.00 bits per heavy atom. The molecule has 0 aliphatic carbocycles. The number of rotatable bonds is 3. The van der Waals surface area contributed by atoms with Gasteiger partial charge in [-0.2, -0.15) is 4.98 Å². The number of fused-ring (bicyclic) bond motifs is 1. The molecular formula is C18H23N5O2. The van der Waals surface area contributed by atoms with Crippen LogP contribution in [0.5, 0.6) is 5.88 Å². The van der Waals surface area contributed by atoms with Gasteiger partial charge in [-0.1, -0.05) is 6.92 Å². The number of nitrogens with zero attached hydrogens (tertiary/aromatic N) is 4. The average molecular weight is 341 g/mol. The number of nitrogen functional groups attached to an aromatic ring is 1. The maximum atomic E-state index is 5.86. The summed E-state index contributed by atoms with van der Waals surface area (Å²) in [6, 6.07) is 3.99. The minimum Gasteiger partial charge on any atom is -0.477 e. The zero-order valence-corrected chi connectivity index (χ0v) is 14.4. The molecule has 0 amide bonds. The summed E-state index contributed by atoms with van der Waals surface area (Å²) in [6.07, 6.45) is 4.66. The highest BCUT2D eigenvalue weighted by molar-refractivity contribution is 5.63. The van der Waals surface area contributed by atoms with Gasteiger partial charge in [0.15, 0.2) is 5.82 Å². The van der Waals surface area contributed by atoms with Crippen LogP contribution < -0.4 is 15.4 Å². The third-order valence-corrected chi connectivity index (χ3v) is 4.77. The molecule has 7 heteroatoms. The standard InChI is InChI=1S/C18H23N5O2/c1-2-13-11-24-9-7-23(13)17-14-4-3-8-25-18(14)22-16(21-17)12-5-6-15(19)20-10-12/h5-6,10,13H,2-4,7-9,11H2,1H3,(H2,19,20)/t13-/m0/s1. The fourth-order valence-electron chi connectivity index (χ4n) is 3.38. The second kappa shape index (κ2) is 6.84. The zero-order chi connectivity index (χ0) is 17.2. The van der Waals surface area contributed by atoms with Gasteiger partial charge in [-0.05, 0) is 31.4 Å². The van der Waals surface area contributed by atoms with Gasteiger partial charge in [-0.3, -0.25) is 0 Å². The van der Waals surface area contributed by atoms with Crippen molar-refractivity contribution in [2.24, 2.45) is 0 Å². The van der Waals surface area contributed by atoms with Crippen LogP contribution in [-0.4, -0.2) is 47.4 Å². The van der Waals surface area contributed by atoms with Crippen LogP contribution in [0.4, 0.5) is 11.6 Å². The average Bonchev–Trinajstić information content (AvgIpc) is 2.67. The molecule has 2 N–H and O–H groups in total. The molecule has 0 bridgehead atoms. The lowest BCUT2D eigenvalue weighted by molar-refractivity contribution is 0.0923. The maximum absolute atomic E-state index is 5.86. The van der Waals surface area contributed by atoms with E-state index in [2.05, 4.69) is 21.8 Å². The summed E-state index contributed by atoms with van der Waals surface area (Å²) in [5.74, 6) is 2.79. The van der Waals surface area contributed by atoms with E-state index in [1.807, 2.05) is 6.07 Å². The quantitative estimate of drug-likeness (QED) is 0.914. The molecule has 2 aliphatic heterocycles. The van der Waals surface area contributed by atoms with Crippen LogP contribution in [0.1, 0.15) is 25.3 Å². The van der Waals surface area contributed by atoms with Crippen molar-refractivity contribution in [3.8, 4) is 17.3 Å². The Morgan fingerprint density at radius 1 is 1.28 bits per heavy atom. The van der Waals surface area contributed by atoms with Gasteiger partial charge in [0.05, 0.1) is 31.4 Å². The van der Waals surface area contributed by atoms with E-state index in [0.29, 0.717) is 30.2 Å². The fourth-order valence-corrected chi connectivity index (χ4v) is 3.38. The largest absolute Gasteiger partial charge is 0.477 e. The molecule has 0 spiro atoms. The molecule has 7 nitrogen and oxygen atoms in total. The number of nitrogens with two attached hydrogens (primary N) is 1. The minimum absolute atomic E-state index is 0.326. The summed E-state index contributed by atoms with van der Waals surface area (Å²) in [5.41, 5.74) is 7.65. The molecule has 25 heavy (non-hydrogen) atoms. The van der Waals surface area contributed by atoms with E-state index >= 15 is 0 Å². The third kappa shape index (κ3) is 3.11. The van der Waals surface area contributed by atoms with Crippen LogP contribution in [0.2, 0.25) is 0 Å². The number of hydrogen-bond donors (Lipinski definition) is 1. The first-order chi connectivity index (χ1) is 12.3. The van der Waals surface area contributed by atoms with Gasteiger partial charge in [0.1, 0.15) is 11.6 Å². The number of hydrogen-bond acceptors (Lipinski definition) is 7. The highest BCUT2D eigenvalue weighted by atomic mass is 16.5. The molecule has 0 aromatic carbocycles. The molecule has 4 heterocycles. The van der Waals surface area contributed by atoms with Gasteiger partial charge >= 0.3 is 0 Å². The molecule has 0 unspecified atom stereocenters. The van der Waals surface area contributed by atoms with E-state index in [9.17, 15) is 0 Å². The SMILES string of the molecule is CC[C@H]1COCCN1c1nc(-c2ccc(N)nc2)nc2c1CCCO2. The summed E-state index contributed by atoms with van der Waals surface area (Å²) >= 11 is 0. The summed E-state index contributed by atoms with van der Waals surface area (Å²) in [4.78, 5) is 16.1. The van der Waals surface area contributed by atoms with E-state index in [4.69, 9.17) is 20.2 Å². The Balaban J connectivity index is 1.81. The normalized spacial score (nSPS) is 20.0. The number of pyridine rings is 1. The van der Waals surface area contributed by atoms with E-state index in [-0.39, 0.29) is 0 Å². The number of anilines is 2. The Kier molecular flexibility index (Phi) is 4.40. The van der Waals surface area contributed by atoms with Crippen LogP contribution >= 0.6 is 0 Å². The van der Waals surface area contributed by atoms with E-state index in [1.54, 1.807) is 12.3 Å². The van der Waals surface area contributed by atoms with Crippen molar-refractivity contribution in [3.05, 3.63) is 23.9 Å². The summed E-state index contributed by atoms with van der Waals surface area (Å²) < 4.78 is 11.5. The van der Waals surface area contributed by atoms with Crippen molar-refractivity contribution in [3.63, 3.8) is 0 Å². The molecule has 1 atom stereocenters. The Morgan fingerprint density at radius 2 is 2.20 bits per heavy atom. The summed E-state index contributed by atoms with van der Waals surface area (Å²) in [6.45, 7) is 5.16. The summed E-state index contributed by atoms with van der Waals surface area (Å²) in [7, 11) is 0. The number of morpholine rings is 1. The Bertz CT molecular complexity index is 750. The van der Waals surface area contributed by atoms with Crippen molar-refractivity contribution in [2.75, 3.05) is 37.0 Å². The molecule has 132 valence electrons. The minimum atomic E-state index is 0.326. The molecule has 2 aromatic heterocycles. The van der Waals surface area contributed by atoms with Crippen LogP contribution in [0.25, 0.3) is 11.4 Å². The van der Waals surface area contributed by atoms with E-state index < -0.39 is 0 Å². The highest BCUT2D eigenvalue weighted by Crippen LogP contribution is 2.35. The van der Waals surface area contributed by atoms with Crippen molar-refractivity contribution in [1.29, 1.82) is 0 Å². The third-order valence-electron chi connectivity index (χ3n) is 4.77. The predicted molar refractivity (Wildman–Crippen MR) is 95.7 cm³/mol. The summed E-state index contributed by atoms with van der Waals surface area (Å²) in [5, 5.41) is 0. The van der Waals surface area contributed by atoms with Gasteiger partial charge in [0.2, 0.25) is 5.88 Å². The van der Waals surface area contributed by atoms with Crippen LogP contribution in [0.15, 0.2) is 18.3 Å². The molecule has 1 fully saturated rings. The van der Waals surface area contributed by atoms with Crippen molar-refractivity contribution >= 4 is 11.6 Å². The number of aromatic nitrogens is 3. The first-order valence-corrected chi connectivity index (χ1v) is 8.86. The van der Waals surface area contributed by atoms with E-state index in [0.717, 1.165) is 56.0 Å². The topological polar surface area (TPSA) is 86.4 Å². The lowest BCUT2D eigenvalue weighted by Gasteiger charge is -2.37. The molecule has 1 saturated heterocycles. The Labute approximate surface area is 147 Å².